The van der Waals surface area contributed by atoms with Crippen LogP contribution in [0.3, 0.4) is 0 Å². The van der Waals surface area contributed by atoms with Crippen LogP contribution in [0.5, 0.6) is 5.75 Å². The summed E-state index contributed by atoms with van der Waals surface area (Å²) in [7, 11) is 5.65. The lowest BCUT2D eigenvalue weighted by Gasteiger charge is -2.32. The van der Waals surface area contributed by atoms with Crippen molar-refractivity contribution in [2.24, 2.45) is 5.73 Å². The van der Waals surface area contributed by atoms with E-state index >= 15 is 0 Å². The van der Waals surface area contributed by atoms with E-state index in [1.54, 1.807) is 0 Å². The van der Waals surface area contributed by atoms with Gasteiger partial charge in [0.2, 0.25) is 0 Å². The first-order chi connectivity index (χ1) is 6.09. The van der Waals surface area contributed by atoms with Crippen molar-refractivity contribution in [2.75, 3.05) is 6.61 Å². The van der Waals surface area contributed by atoms with Crippen LogP contribution in [-0.4, -0.2) is 14.5 Å². The molecule has 2 N–H and O–H groups in total. The minimum atomic E-state index is -0.277. The summed E-state index contributed by atoms with van der Waals surface area (Å²) >= 11 is 0. The van der Waals surface area contributed by atoms with Crippen LogP contribution in [0.25, 0.3) is 0 Å². The van der Waals surface area contributed by atoms with Gasteiger partial charge < -0.3 is 10.5 Å². The van der Waals surface area contributed by atoms with Crippen molar-refractivity contribution in [1.29, 1.82) is 0 Å². The van der Waals surface area contributed by atoms with Crippen LogP contribution in [0.15, 0.2) is 18.2 Å². The van der Waals surface area contributed by atoms with Gasteiger partial charge in [0.1, 0.15) is 13.6 Å². The second-order valence-corrected chi connectivity index (χ2v) is 3.77. The molecule has 1 unspecified atom stereocenters. The summed E-state index contributed by atoms with van der Waals surface area (Å²) in [5, 5.41) is 0. The minimum Gasteiger partial charge on any atom is -0.493 e. The van der Waals surface area contributed by atoms with E-state index in [2.05, 4.69) is 0 Å². The molecule has 1 aliphatic heterocycles. The molecular weight excluding hydrogens is 161 g/mol. The third-order valence-corrected chi connectivity index (χ3v) is 2.50. The fourth-order valence-corrected chi connectivity index (χ4v) is 1.64. The molecule has 0 aliphatic carbocycles. The zero-order valence-electron chi connectivity index (χ0n) is 7.71. The smallest absolute Gasteiger partial charge is 0.123 e. The van der Waals surface area contributed by atoms with Crippen molar-refractivity contribution in [3.8, 4) is 5.75 Å². The average molecular weight is 173 g/mol. The van der Waals surface area contributed by atoms with E-state index in [9.17, 15) is 0 Å². The van der Waals surface area contributed by atoms with E-state index in [1.807, 2.05) is 25.1 Å². The Labute approximate surface area is 79.5 Å². The summed E-state index contributed by atoms with van der Waals surface area (Å²) in [6.45, 7) is 2.69. The summed E-state index contributed by atoms with van der Waals surface area (Å²) in [5.74, 6) is 0.830. The first-order valence-corrected chi connectivity index (χ1v) is 4.41. The number of benzene rings is 1. The van der Waals surface area contributed by atoms with Gasteiger partial charge in [-0.15, -0.1) is 0 Å². The van der Waals surface area contributed by atoms with Crippen LogP contribution < -0.4 is 15.9 Å². The van der Waals surface area contributed by atoms with Gasteiger partial charge in [-0.05, 0) is 13.0 Å². The van der Waals surface area contributed by atoms with E-state index in [4.69, 9.17) is 18.3 Å². The molecule has 0 fully saturated rings. The molecule has 0 saturated heterocycles. The molecule has 3 heteroatoms. The standard InChI is InChI=1S/C10H12BNO/c1-10(12)4-5-13-9-6-7(11)2-3-8(9)10/h2-3,6H,4-5,12H2,1H3. The predicted octanol–water partition coefficient (Wildman–Crippen LogP) is 0.437. The molecule has 66 valence electrons. The van der Waals surface area contributed by atoms with E-state index in [0.717, 1.165) is 23.2 Å². The molecule has 2 rings (SSSR count). The molecule has 0 amide bonds. The Morgan fingerprint density at radius 1 is 1.54 bits per heavy atom. The third-order valence-electron chi connectivity index (χ3n) is 2.50. The number of rotatable bonds is 0. The third kappa shape index (κ3) is 1.44. The van der Waals surface area contributed by atoms with Crippen molar-refractivity contribution in [3.05, 3.63) is 23.8 Å². The summed E-state index contributed by atoms with van der Waals surface area (Å²) in [6.07, 6.45) is 0.851. The maximum absolute atomic E-state index is 6.12. The number of hydrogen-bond donors (Lipinski definition) is 1. The maximum Gasteiger partial charge on any atom is 0.123 e. The molecule has 0 saturated carbocycles. The van der Waals surface area contributed by atoms with Gasteiger partial charge in [-0.25, -0.2) is 0 Å². The summed E-state index contributed by atoms with van der Waals surface area (Å²) in [5.41, 5.74) is 7.61. The molecule has 2 nitrogen and oxygen atoms in total. The van der Waals surface area contributed by atoms with Gasteiger partial charge in [-0.1, -0.05) is 17.6 Å². The summed E-state index contributed by atoms with van der Waals surface area (Å²) < 4.78 is 5.48. The minimum absolute atomic E-state index is 0.277. The average Bonchev–Trinajstić information content (AvgIpc) is 2.02. The van der Waals surface area contributed by atoms with Gasteiger partial charge in [-0.2, -0.15) is 0 Å². The molecule has 0 bridgehead atoms. The molecule has 1 atom stereocenters. The molecule has 1 aliphatic rings. The molecule has 0 spiro atoms. The lowest BCUT2D eigenvalue weighted by molar-refractivity contribution is 0.228. The summed E-state index contributed by atoms with van der Waals surface area (Å²) in [6, 6.07) is 5.64. The van der Waals surface area contributed by atoms with Gasteiger partial charge in [0.05, 0.1) is 6.61 Å². The largest absolute Gasteiger partial charge is 0.493 e. The van der Waals surface area contributed by atoms with Gasteiger partial charge in [0.15, 0.2) is 0 Å². The highest BCUT2D eigenvalue weighted by molar-refractivity contribution is 6.32. The monoisotopic (exact) mass is 173 g/mol. The first-order valence-electron chi connectivity index (χ1n) is 4.41. The SMILES string of the molecule is [B]c1ccc2c(c1)OCCC2(C)N. The Kier molecular flexibility index (Phi) is 1.84. The zero-order valence-corrected chi connectivity index (χ0v) is 7.71. The quantitative estimate of drug-likeness (QED) is 0.577. The van der Waals surface area contributed by atoms with E-state index in [0.29, 0.717) is 6.61 Å². The second kappa shape index (κ2) is 2.77. The molecular formula is C10H12BNO. The highest BCUT2D eigenvalue weighted by atomic mass is 16.5. The van der Waals surface area contributed by atoms with Crippen molar-refractivity contribution >= 4 is 13.3 Å². The second-order valence-electron chi connectivity index (χ2n) is 3.77. The Balaban J connectivity index is 2.53. The number of hydrogen-bond acceptors (Lipinski definition) is 2. The predicted molar refractivity (Wildman–Crippen MR) is 53.5 cm³/mol. The van der Waals surface area contributed by atoms with Crippen molar-refractivity contribution in [3.63, 3.8) is 0 Å². The van der Waals surface area contributed by atoms with E-state index in [1.165, 1.54) is 0 Å². The molecule has 2 radical (unpaired) electrons. The van der Waals surface area contributed by atoms with Gasteiger partial charge in [0.25, 0.3) is 0 Å². The number of fused-ring (bicyclic) bond motifs is 1. The Morgan fingerprint density at radius 2 is 2.31 bits per heavy atom. The van der Waals surface area contributed by atoms with Crippen molar-refractivity contribution < 1.29 is 4.74 Å². The van der Waals surface area contributed by atoms with Crippen LogP contribution in [0.1, 0.15) is 18.9 Å². The lowest BCUT2D eigenvalue weighted by atomic mass is 9.84. The normalized spacial score (nSPS) is 26.3. The Hall–Kier alpha value is -0.955. The molecule has 13 heavy (non-hydrogen) atoms. The van der Waals surface area contributed by atoms with Crippen molar-refractivity contribution in [1.82, 2.24) is 0 Å². The van der Waals surface area contributed by atoms with Crippen LogP contribution in [0.2, 0.25) is 0 Å². The van der Waals surface area contributed by atoms with Gasteiger partial charge in [0, 0.05) is 17.5 Å². The van der Waals surface area contributed by atoms with E-state index < -0.39 is 0 Å². The van der Waals surface area contributed by atoms with E-state index in [-0.39, 0.29) is 5.54 Å². The molecule has 1 heterocycles. The van der Waals surface area contributed by atoms with Crippen molar-refractivity contribution in [2.45, 2.75) is 18.9 Å². The number of nitrogens with two attached hydrogens (primary N) is 1. The Bertz CT molecular complexity index is 336. The zero-order chi connectivity index (χ0) is 9.47. The van der Waals surface area contributed by atoms with Crippen LogP contribution in [0.4, 0.5) is 0 Å². The van der Waals surface area contributed by atoms with Crippen LogP contribution in [-0.2, 0) is 5.54 Å². The lowest BCUT2D eigenvalue weighted by Crippen LogP contribution is -2.38. The topological polar surface area (TPSA) is 35.2 Å². The molecule has 1 aromatic carbocycles. The number of ether oxygens (including phenoxy) is 1. The highest BCUT2D eigenvalue weighted by Gasteiger charge is 2.28. The fourth-order valence-electron chi connectivity index (χ4n) is 1.64. The van der Waals surface area contributed by atoms with Gasteiger partial charge >= 0.3 is 0 Å². The van der Waals surface area contributed by atoms with Crippen LogP contribution >= 0.6 is 0 Å². The molecule has 0 aromatic heterocycles. The molecule has 1 aromatic rings. The maximum atomic E-state index is 6.12. The Morgan fingerprint density at radius 3 is 3.08 bits per heavy atom. The first kappa shape index (κ1) is 8.63. The summed E-state index contributed by atoms with van der Waals surface area (Å²) in [4.78, 5) is 0. The fraction of sp³-hybridized carbons (Fsp3) is 0.400. The van der Waals surface area contributed by atoms with Gasteiger partial charge in [-0.3, -0.25) is 0 Å². The van der Waals surface area contributed by atoms with Crippen LogP contribution in [0, 0.1) is 0 Å². The highest BCUT2D eigenvalue weighted by Crippen LogP contribution is 2.33.